The second kappa shape index (κ2) is 11.0. The zero-order chi connectivity index (χ0) is 19.1. The molecule has 0 aliphatic rings. The molecule has 0 fully saturated rings. The van der Waals surface area contributed by atoms with E-state index in [0.717, 1.165) is 11.1 Å². The fourth-order valence-electron chi connectivity index (χ4n) is 2.15. The van der Waals surface area contributed by atoms with Gasteiger partial charge in [0.15, 0.2) is 5.96 Å². The van der Waals surface area contributed by atoms with Crippen LogP contribution in [0.15, 0.2) is 29.3 Å². The van der Waals surface area contributed by atoms with Crippen molar-refractivity contribution in [1.29, 1.82) is 0 Å². The van der Waals surface area contributed by atoms with E-state index in [9.17, 15) is 18.3 Å². The summed E-state index contributed by atoms with van der Waals surface area (Å²) in [5.41, 5.74) is 1.92. The molecule has 1 rings (SSSR count). The number of aliphatic hydroxyl groups excluding tert-OH is 1. The predicted molar refractivity (Wildman–Crippen MR) is 110 cm³/mol. The van der Waals surface area contributed by atoms with Crippen LogP contribution in [0.4, 0.5) is 13.2 Å². The van der Waals surface area contributed by atoms with Crippen molar-refractivity contribution in [2.45, 2.75) is 51.8 Å². The molecule has 0 aliphatic carbocycles. The molecule has 26 heavy (non-hydrogen) atoms. The summed E-state index contributed by atoms with van der Waals surface area (Å²) in [6.07, 6.45) is -5.96. The topological polar surface area (TPSA) is 56.7 Å². The van der Waals surface area contributed by atoms with Crippen molar-refractivity contribution >= 4 is 29.9 Å². The zero-order valence-corrected chi connectivity index (χ0v) is 18.0. The van der Waals surface area contributed by atoms with Crippen LogP contribution in [0, 0.1) is 0 Å². The Morgan fingerprint density at radius 2 is 1.69 bits per heavy atom. The third-order valence-corrected chi connectivity index (χ3v) is 3.63. The highest BCUT2D eigenvalue weighted by molar-refractivity contribution is 14.0. The Kier molecular flexibility index (Phi) is 10.5. The minimum absolute atomic E-state index is 0. The number of nitrogens with one attached hydrogen (secondary N) is 2. The zero-order valence-electron chi connectivity index (χ0n) is 15.7. The third kappa shape index (κ3) is 9.61. The summed E-state index contributed by atoms with van der Waals surface area (Å²) in [5.74, 6) is 0.261. The number of rotatable bonds is 6. The van der Waals surface area contributed by atoms with Gasteiger partial charge in [-0.25, -0.2) is 0 Å². The normalized spacial score (nSPS) is 13.8. The average molecular weight is 487 g/mol. The van der Waals surface area contributed by atoms with Crippen LogP contribution in [-0.2, 0) is 5.41 Å². The lowest BCUT2D eigenvalue weighted by Gasteiger charge is -2.20. The first-order valence-corrected chi connectivity index (χ1v) is 8.40. The molecule has 0 heterocycles. The van der Waals surface area contributed by atoms with Crippen LogP contribution in [0.1, 0.15) is 51.3 Å². The van der Waals surface area contributed by atoms with Gasteiger partial charge in [0, 0.05) is 13.1 Å². The Morgan fingerprint density at radius 3 is 2.15 bits per heavy atom. The van der Waals surface area contributed by atoms with Gasteiger partial charge >= 0.3 is 6.18 Å². The SMILES string of the molecule is CCNC(=NCC(O)c1ccc(C(C)(C)C)cc1)NCCC(F)(F)F.I. The molecule has 8 heteroatoms. The summed E-state index contributed by atoms with van der Waals surface area (Å²) in [6, 6.07) is 7.64. The van der Waals surface area contributed by atoms with Crippen LogP contribution in [0.25, 0.3) is 0 Å². The standard InChI is InChI=1S/C18H28F3N3O.HI/c1-5-22-16(23-11-10-18(19,20)21)24-12-15(25)13-6-8-14(9-7-13)17(2,3)4;/h6-9,15,25H,5,10-12H2,1-4H3,(H2,22,23,24);1H. The van der Waals surface area contributed by atoms with Gasteiger partial charge in [-0.1, -0.05) is 45.0 Å². The number of benzene rings is 1. The lowest BCUT2D eigenvalue weighted by atomic mass is 9.86. The van der Waals surface area contributed by atoms with Crippen molar-refractivity contribution in [3.8, 4) is 0 Å². The van der Waals surface area contributed by atoms with Crippen molar-refractivity contribution in [2.24, 2.45) is 4.99 Å². The lowest BCUT2D eigenvalue weighted by Crippen LogP contribution is -2.39. The second-order valence-corrected chi connectivity index (χ2v) is 6.90. The number of guanidine groups is 1. The number of aliphatic hydroxyl groups is 1. The Balaban J connectivity index is 0.00000625. The minimum Gasteiger partial charge on any atom is -0.386 e. The Morgan fingerprint density at radius 1 is 1.12 bits per heavy atom. The molecule has 150 valence electrons. The third-order valence-electron chi connectivity index (χ3n) is 3.63. The molecule has 0 amide bonds. The Bertz CT molecular complexity index is 554. The van der Waals surface area contributed by atoms with Gasteiger partial charge < -0.3 is 15.7 Å². The molecule has 0 saturated carbocycles. The fraction of sp³-hybridized carbons (Fsp3) is 0.611. The maximum Gasteiger partial charge on any atom is 0.390 e. The molecule has 1 atom stereocenters. The molecular weight excluding hydrogens is 458 g/mol. The average Bonchev–Trinajstić information content (AvgIpc) is 2.50. The smallest absolute Gasteiger partial charge is 0.386 e. The van der Waals surface area contributed by atoms with Gasteiger partial charge in [0.2, 0.25) is 0 Å². The van der Waals surface area contributed by atoms with Crippen LogP contribution in [-0.4, -0.2) is 36.9 Å². The monoisotopic (exact) mass is 487 g/mol. The maximum atomic E-state index is 12.2. The number of aliphatic imine (C=N–C) groups is 1. The van der Waals surface area contributed by atoms with Crippen LogP contribution in [0.5, 0.6) is 0 Å². The van der Waals surface area contributed by atoms with E-state index >= 15 is 0 Å². The number of nitrogens with zero attached hydrogens (tertiary/aromatic N) is 1. The summed E-state index contributed by atoms with van der Waals surface area (Å²) in [7, 11) is 0. The van der Waals surface area contributed by atoms with E-state index in [1.807, 2.05) is 31.2 Å². The highest BCUT2D eigenvalue weighted by Crippen LogP contribution is 2.24. The highest BCUT2D eigenvalue weighted by atomic mass is 127. The fourth-order valence-corrected chi connectivity index (χ4v) is 2.15. The van der Waals surface area contributed by atoms with E-state index in [4.69, 9.17) is 0 Å². The van der Waals surface area contributed by atoms with E-state index in [-0.39, 0.29) is 48.4 Å². The summed E-state index contributed by atoms with van der Waals surface area (Å²) in [4.78, 5) is 4.16. The van der Waals surface area contributed by atoms with Crippen molar-refractivity contribution in [2.75, 3.05) is 19.6 Å². The molecule has 1 aromatic rings. The van der Waals surface area contributed by atoms with Gasteiger partial charge in [-0.05, 0) is 23.5 Å². The van der Waals surface area contributed by atoms with Crippen LogP contribution in [0.2, 0.25) is 0 Å². The number of alkyl halides is 3. The Hall–Kier alpha value is -1.03. The number of hydrogen-bond acceptors (Lipinski definition) is 2. The van der Waals surface area contributed by atoms with Crippen molar-refractivity contribution < 1.29 is 18.3 Å². The van der Waals surface area contributed by atoms with Gasteiger partial charge in [0.1, 0.15) is 0 Å². The summed E-state index contributed by atoms with van der Waals surface area (Å²) >= 11 is 0. The van der Waals surface area contributed by atoms with Crippen LogP contribution >= 0.6 is 24.0 Å². The van der Waals surface area contributed by atoms with Gasteiger partial charge in [-0.3, -0.25) is 4.99 Å². The van der Waals surface area contributed by atoms with Gasteiger partial charge in [-0.2, -0.15) is 13.2 Å². The molecular formula is C18H29F3IN3O. The van der Waals surface area contributed by atoms with E-state index in [2.05, 4.69) is 36.4 Å². The first-order chi connectivity index (χ1) is 11.5. The summed E-state index contributed by atoms with van der Waals surface area (Å²) in [6.45, 7) is 8.48. The molecule has 0 aliphatic heterocycles. The molecule has 0 radical (unpaired) electrons. The first kappa shape index (κ1) is 25.0. The van der Waals surface area contributed by atoms with Gasteiger partial charge in [-0.15, -0.1) is 24.0 Å². The van der Waals surface area contributed by atoms with Crippen LogP contribution < -0.4 is 10.6 Å². The minimum atomic E-state index is -4.21. The molecule has 0 saturated heterocycles. The molecule has 0 spiro atoms. The molecule has 1 unspecified atom stereocenters. The lowest BCUT2D eigenvalue weighted by molar-refractivity contribution is -0.132. The summed E-state index contributed by atoms with van der Waals surface area (Å²) in [5, 5.41) is 15.7. The van der Waals surface area contributed by atoms with Crippen LogP contribution in [0.3, 0.4) is 0 Å². The van der Waals surface area contributed by atoms with Crippen molar-refractivity contribution in [1.82, 2.24) is 10.6 Å². The van der Waals surface area contributed by atoms with Gasteiger partial charge in [0.05, 0.1) is 19.1 Å². The quantitative estimate of drug-likeness (QED) is 0.321. The molecule has 3 N–H and O–H groups in total. The molecule has 0 bridgehead atoms. The van der Waals surface area contributed by atoms with E-state index in [0.29, 0.717) is 6.54 Å². The number of hydrogen-bond donors (Lipinski definition) is 3. The maximum absolute atomic E-state index is 12.2. The molecule has 0 aromatic heterocycles. The molecule has 1 aromatic carbocycles. The largest absolute Gasteiger partial charge is 0.390 e. The highest BCUT2D eigenvalue weighted by Gasteiger charge is 2.26. The van der Waals surface area contributed by atoms with Crippen molar-refractivity contribution in [3.05, 3.63) is 35.4 Å². The van der Waals surface area contributed by atoms with E-state index in [1.165, 1.54) is 0 Å². The van der Waals surface area contributed by atoms with E-state index in [1.54, 1.807) is 0 Å². The Labute approximate surface area is 170 Å². The first-order valence-electron chi connectivity index (χ1n) is 8.40. The number of halogens is 4. The van der Waals surface area contributed by atoms with Gasteiger partial charge in [0.25, 0.3) is 0 Å². The van der Waals surface area contributed by atoms with Crippen molar-refractivity contribution in [3.63, 3.8) is 0 Å². The predicted octanol–water partition coefficient (Wildman–Crippen LogP) is 4.14. The van der Waals surface area contributed by atoms with E-state index < -0.39 is 18.7 Å². The molecule has 4 nitrogen and oxygen atoms in total. The summed E-state index contributed by atoms with van der Waals surface area (Å²) < 4.78 is 36.6. The second-order valence-electron chi connectivity index (χ2n) is 6.90.